The van der Waals surface area contributed by atoms with Crippen molar-refractivity contribution < 1.29 is 19.4 Å². The molecule has 5 aliphatic rings. The van der Waals surface area contributed by atoms with E-state index in [1.807, 2.05) is 0 Å². The Bertz CT molecular complexity index is 750. The fourth-order valence-electron chi connectivity index (χ4n) is 10.0. The Morgan fingerprint density at radius 3 is 2.52 bits per heavy atom. The summed E-state index contributed by atoms with van der Waals surface area (Å²) in [4.78, 5) is 12.1. The largest absolute Gasteiger partial charge is 0.462 e. The van der Waals surface area contributed by atoms with E-state index in [1.165, 1.54) is 44.9 Å². The molecule has 5 fully saturated rings. The lowest BCUT2D eigenvalue weighted by molar-refractivity contribution is -0.189. The van der Waals surface area contributed by atoms with Crippen LogP contribution in [0.4, 0.5) is 0 Å². The summed E-state index contributed by atoms with van der Waals surface area (Å²) in [6.45, 7) is 13.8. The van der Waals surface area contributed by atoms with Crippen LogP contribution in [0.3, 0.4) is 0 Å². The van der Waals surface area contributed by atoms with Gasteiger partial charge in [0.2, 0.25) is 0 Å². The Balaban J connectivity index is 1.39. The van der Waals surface area contributed by atoms with Crippen molar-refractivity contribution in [3.63, 3.8) is 0 Å². The average Bonchev–Trinajstić information content (AvgIpc) is 3.47. The predicted octanol–water partition coefficient (Wildman–Crippen LogP) is 6.00. The van der Waals surface area contributed by atoms with Crippen LogP contribution in [-0.2, 0) is 14.3 Å². The predicted molar refractivity (Wildman–Crippen MR) is 129 cm³/mol. The summed E-state index contributed by atoms with van der Waals surface area (Å²) in [6, 6.07) is 0. The second-order valence-electron chi connectivity index (χ2n) is 13.6. The molecule has 4 heteroatoms. The van der Waals surface area contributed by atoms with Crippen molar-refractivity contribution in [3.8, 4) is 0 Å². The summed E-state index contributed by atoms with van der Waals surface area (Å²) in [5.41, 5.74) is 0.440. The van der Waals surface area contributed by atoms with E-state index in [-0.39, 0.29) is 35.6 Å². The van der Waals surface area contributed by atoms with E-state index in [0.29, 0.717) is 17.3 Å². The number of aliphatic hydroxyl groups is 1. The van der Waals surface area contributed by atoms with Gasteiger partial charge in [-0.15, -0.1) is 0 Å². The van der Waals surface area contributed by atoms with Gasteiger partial charge in [-0.2, -0.15) is 0 Å². The first kappa shape index (κ1) is 24.1. The number of ether oxygens (including phenoxy) is 2. The molecule has 0 aromatic rings. The Morgan fingerprint density at radius 1 is 1.06 bits per heavy atom. The molecule has 0 aromatic heterocycles. The number of hydrogen-bond acceptors (Lipinski definition) is 4. The SMILES string of the molecule is CC(=O)O[C@@H]1C[C@H]2[C@@H]3CC[C@H]([C@H](C)CCCC(C)C)[C@@]3(C)CC[C@@H]2[C@]2(C)[C@@H]1C[C@@H](O)[C@H]1O[C@H]12. The maximum absolute atomic E-state index is 12.1. The molecule has 1 N–H and O–H groups in total. The van der Waals surface area contributed by atoms with Crippen molar-refractivity contribution in [2.45, 2.75) is 124 Å². The number of fused-ring (bicyclic) bond motifs is 7. The van der Waals surface area contributed by atoms with Crippen LogP contribution in [0.1, 0.15) is 99.3 Å². The van der Waals surface area contributed by atoms with E-state index in [2.05, 4.69) is 34.6 Å². The number of aliphatic hydroxyl groups excluding tert-OH is 1. The molecule has 0 aromatic carbocycles. The van der Waals surface area contributed by atoms with Crippen LogP contribution in [0, 0.1) is 52.3 Å². The van der Waals surface area contributed by atoms with E-state index in [4.69, 9.17) is 9.47 Å². The average molecular weight is 461 g/mol. The highest BCUT2D eigenvalue weighted by atomic mass is 16.6. The fourth-order valence-corrected chi connectivity index (χ4v) is 10.0. The lowest BCUT2D eigenvalue weighted by atomic mass is 9.43. The molecule has 5 rings (SSSR count). The molecular weight excluding hydrogens is 412 g/mol. The normalized spacial score (nSPS) is 51.2. The highest BCUT2D eigenvalue weighted by molar-refractivity contribution is 5.66. The van der Waals surface area contributed by atoms with Crippen molar-refractivity contribution in [1.29, 1.82) is 0 Å². The van der Waals surface area contributed by atoms with E-state index in [1.54, 1.807) is 6.92 Å². The lowest BCUT2D eigenvalue weighted by Crippen LogP contribution is -2.61. The van der Waals surface area contributed by atoms with E-state index >= 15 is 0 Å². The van der Waals surface area contributed by atoms with Crippen LogP contribution >= 0.6 is 0 Å². The summed E-state index contributed by atoms with van der Waals surface area (Å²) in [5.74, 6) is 4.45. The van der Waals surface area contributed by atoms with Crippen LogP contribution in [0.15, 0.2) is 0 Å². The standard InChI is InChI=1S/C29H48O4/c1-16(2)8-7-9-17(3)20-10-11-21-19-14-25(32-18(4)30)23-15-24(31)26-27(33-26)29(23,6)22(19)12-13-28(20,21)5/h16-17,19-27,31H,7-15H2,1-6H3/t17-,19+,20-,21+,22+,23-,24-,25-,26-,27-,28-,29-/m1/s1. The summed E-state index contributed by atoms with van der Waals surface area (Å²) in [7, 11) is 0. The third-order valence-corrected chi connectivity index (χ3v) is 11.5. The van der Waals surface area contributed by atoms with Crippen LogP contribution < -0.4 is 0 Å². The van der Waals surface area contributed by atoms with Crippen molar-refractivity contribution >= 4 is 5.97 Å². The second-order valence-corrected chi connectivity index (χ2v) is 13.6. The molecule has 1 aliphatic heterocycles. The fraction of sp³-hybridized carbons (Fsp3) is 0.966. The molecule has 4 saturated carbocycles. The highest BCUT2D eigenvalue weighted by Crippen LogP contribution is 2.70. The Hall–Kier alpha value is -0.610. The Labute approximate surface area is 201 Å². The maximum Gasteiger partial charge on any atom is 0.302 e. The molecule has 0 unspecified atom stereocenters. The summed E-state index contributed by atoms with van der Waals surface area (Å²) in [6.07, 6.45) is 10.8. The molecule has 4 nitrogen and oxygen atoms in total. The third-order valence-electron chi connectivity index (χ3n) is 11.5. The zero-order valence-corrected chi connectivity index (χ0v) is 21.9. The van der Waals surface area contributed by atoms with E-state index in [9.17, 15) is 9.90 Å². The number of carbonyl (C=O) groups is 1. The molecule has 1 saturated heterocycles. The van der Waals surface area contributed by atoms with Crippen molar-refractivity contribution in [3.05, 3.63) is 0 Å². The lowest BCUT2D eigenvalue weighted by Gasteiger charge is -2.61. The van der Waals surface area contributed by atoms with Gasteiger partial charge in [-0.1, -0.05) is 53.9 Å². The molecule has 188 valence electrons. The number of esters is 1. The van der Waals surface area contributed by atoms with Crippen molar-refractivity contribution in [1.82, 2.24) is 0 Å². The van der Waals surface area contributed by atoms with Gasteiger partial charge >= 0.3 is 5.97 Å². The van der Waals surface area contributed by atoms with Gasteiger partial charge in [-0.05, 0) is 79.4 Å². The number of rotatable bonds is 6. The summed E-state index contributed by atoms with van der Waals surface area (Å²) >= 11 is 0. The van der Waals surface area contributed by atoms with Gasteiger partial charge in [0.05, 0.1) is 12.2 Å². The number of carbonyl (C=O) groups excluding carboxylic acids is 1. The number of epoxide rings is 1. The third kappa shape index (κ3) is 3.81. The van der Waals surface area contributed by atoms with Gasteiger partial charge in [0.15, 0.2) is 0 Å². The molecule has 0 radical (unpaired) electrons. The zero-order chi connectivity index (χ0) is 23.7. The zero-order valence-electron chi connectivity index (χ0n) is 21.9. The first-order valence-electron chi connectivity index (χ1n) is 14.1. The molecule has 0 bridgehead atoms. The minimum Gasteiger partial charge on any atom is -0.462 e. The second kappa shape index (κ2) is 8.50. The molecule has 0 amide bonds. The maximum atomic E-state index is 12.1. The first-order chi connectivity index (χ1) is 15.6. The van der Waals surface area contributed by atoms with Crippen LogP contribution in [0.2, 0.25) is 0 Å². The van der Waals surface area contributed by atoms with Crippen LogP contribution in [0.25, 0.3) is 0 Å². The molecule has 4 aliphatic carbocycles. The van der Waals surface area contributed by atoms with Gasteiger partial charge in [0.1, 0.15) is 12.2 Å². The minimum atomic E-state index is -0.404. The Kier molecular flexibility index (Phi) is 6.21. The van der Waals surface area contributed by atoms with Gasteiger partial charge in [0, 0.05) is 18.3 Å². The van der Waals surface area contributed by atoms with E-state index in [0.717, 1.165) is 36.5 Å². The molecule has 0 spiro atoms. The quantitative estimate of drug-likeness (QED) is 0.390. The van der Waals surface area contributed by atoms with Crippen molar-refractivity contribution in [2.75, 3.05) is 0 Å². The molecule has 1 heterocycles. The molecule has 12 atom stereocenters. The number of hydrogen-bond donors (Lipinski definition) is 1. The van der Waals surface area contributed by atoms with Gasteiger partial charge < -0.3 is 14.6 Å². The summed E-state index contributed by atoms with van der Waals surface area (Å²) < 4.78 is 12.1. The van der Waals surface area contributed by atoms with Gasteiger partial charge in [0.25, 0.3) is 0 Å². The van der Waals surface area contributed by atoms with Crippen LogP contribution in [0.5, 0.6) is 0 Å². The highest BCUT2D eigenvalue weighted by Gasteiger charge is 2.71. The van der Waals surface area contributed by atoms with Gasteiger partial charge in [-0.3, -0.25) is 4.79 Å². The van der Waals surface area contributed by atoms with Crippen molar-refractivity contribution in [2.24, 2.45) is 52.3 Å². The van der Waals surface area contributed by atoms with Gasteiger partial charge in [-0.25, -0.2) is 0 Å². The smallest absolute Gasteiger partial charge is 0.302 e. The van der Waals surface area contributed by atoms with E-state index < -0.39 is 6.10 Å². The monoisotopic (exact) mass is 460 g/mol. The summed E-state index contributed by atoms with van der Waals surface area (Å²) in [5, 5.41) is 10.6. The minimum absolute atomic E-state index is 0.00796. The Morgan fingerprint density at radius 2 is 1.82 bits per heavy atom. The topological polar surface area (TPSA) is 59.1 Å². The first-order valence-corrected chi connectivity index (χ1v) is 14.1. The van der Waals surface area contributed by atoms with Crippen LogP contribution in [-0.4, -0.2) is 35.5 Å². The molecular formula is C29H48O4. The molecule has 33 heavy (non-hydrogen) atoms.